The van der Waals surface area contributed by atoms with E-state index in [-0.39, 0.29) is 0 Å². The number of halogens is 7. The fraction of sp³-hybridized carbons (Fsp3) is 0.833. The van der Waals surface area contributed by atoms with Crippen LogP contribution in [0.5, 0.6) is 0 Å². The molecule has 0 rings (SSSR count). The maximum atomic E-state index is 12.5. The van der Waals surface area contributed by atoms with Crippen LogP contribution in [0.1, 0.15) is 6.42 Å². The van der Waals surface area contributed by atoms with Crippen molar-refractivity contribution in [1.29, 1.82) is 0 Å². The Balaban J connectivity index is 4.42. The van der Waals surface area contributed by atoms with Gasteiger partial charge in [-0.15, -0.1) is 0 Å². The number of amides is 1. The lowest BCUT2D eigenvalue weighted by molar-refractivity contribution is -0.355. The Labute approximate surface area is 89.7 Å². The Morgan fingerprint density at radius 2 is 1.53 bits per heavy atom. The number of alkyl halides is 7. The largest absolute Gasteiger partial charge is 0.529 e. The highest BCUT2D eigenvalue weighted by Gasteiger charge is 2.72. The van der Waals surface area contributed by atoms with Crippen molar-refractivity contribution in [2.75, 3.05) is 6.54 Å². The van der Waals surface area contributed by atoms with Crippen molar-refractivity contribution in [3.63, 3.8) is 0 Å². The molecule has 0 fully saturated rings. The van der Waals surface area contributed by atoms with Gasteiger partial charge in [-0.05, 0) is 0 Å². The van der Waals surface area contributed by atoms with Crippen LogP contribution < -0.4 is 16.0 Å². The van der Waals surface area contributed by atoms with E-state index in [0.717, 1.165) is 0 Å². The summed E-state index contributed by atoms with van der Waals surface area (Å²) >= 11 is 0. The second-order valence-corrected chi connectivity index (χ2v) is 2.87. The van der Waals surface area contributed by atoms with E-state index >= 15 is 0 Å². The van der Waals surface area contributed by atoms with Crippen LogP contribution in [0.4, 0.5) is 35.5 Å². The predicted molar refractivity (Wildman–Crippen MR) is 37.1 cm³/mol. The third-order valence-electron chi connectivity index (χ3n) is 1.57. The monoisotopic (exact) mass is 271 g/mol. The zero-order valence-electron chi connectivity index (χ0n) is 7.88. The second kappa shape index (κ2) is 4.94. The van der Waals surface area contributed by atoms with Gasteiger partial charge in [-0.3, -0.25) is 0 Å². The molecule has 0 spiro atoms. The molecule has 0 aromatic carbocycles. The summed E-state index contributed by atoms with van der Waals surface area (Å²) in [5.74, 6) is -11.5. The molecule has 2 N–H and O–H groups in total. The van der Waals surface area contributed by atoms with Gasteiger partial charge in [0.2, 0.25) is 0 Å². The molecule has 0 aliphatic heterocycles. The molecule has 0 saturated carbocycles. The minimum Gasteiger partial charge on any atom is -0.529 e. The first-order chi connectivity index (χ1) is 7.42. The number of carbonyl (C=O) groups excluding carboxylic acids is 1. The maximum Gasteiger partial charge on any atom is 0.459 e. The molecule has 0 aliphatic carbocycles. The number of rotatable bonds is 5. The molecular formula is C6H6F7N2O2-. The lowest BCUT2D eigenvalue weighted by Gasteiger charge is -2.28. The smallest absolute Gasteiger partial charge is 0.459 e. The summed E-state index contributed by atoms with van der Waals surface area (Å²) in [5, 5.41) is 9.68. The minimum absolute atomic E-state index is 1.13. The Morgan fingerprint density at radius 1 is 1.06 bits per heavy atom. The van der Waals surface area contributed by atoms with Gasteiger partial charge in [0, 0.05) is 13.0 Å². The van der Waals surface area contributed by atoms with E-state index in [1.165, 1.54) is 10.9 Å². The molecule has 1 amide bonds. The molecule has 11 heteroatoms. The Hall–Kier alpha value is -1.26. The van der Waals surface area contributed by atoms with Crippen LogP contribution in [-0.2, 0) is 0 Å². The first-order valence-corrected chi connectivity index (χ1v) is 3.94. The molecule has 102 valence electrons. The molecule has 0 atom stereocenters. The number of carboxylic acid groups (broad SMARTS) is 1. The molecular weight excluding hydrogens is 265 g/mol. The van der Waals surface area contributed by atoms with Gasteiger partial charge in [0.25, 0.3) is 0 Å². The summed E-state index contributed by atoms with van der Waals surface area (Å²) in [6, 6.07) is 0. The summed E-state index contributed by atoms with van der Waals surface area (Å²) in [7, 11) is 0. The SMILES string of the molecule is O=C([O-])NNCCC(F)(F)C(F)(F)C(F)(F)F. The molecule has 0 bridgehead atoms. The predicted octanol–water partition coefficient (Wildman–Crippen LogP) is 0.647. The average Bonchev–Trinajstić information content (AvgIpc) is 2.10. The zero-order chi connectivity index (χ0) is 13.9. The van der Waals surface area contributed by atoms with Crippen molar-refractivity contribution in [2.24, 2.45) is 0 Å². The van der Waals surface area contributed by atoms with Crippen molar-refractivity contribution >= 4 is 6.09 Å². The molecule has 0 radical (unpaired) electrons. The van der Waals surface area contributed by atoms with Gasteiger partial charge in [-0.2, -0.15) is 30.7 Å². The first kappa shape index (κ1) is 15.7. The molecule has 17 heavy (non-hydrogen) atoms. The second-order valence-electron chi connectivity index (χ2n) is 2.87. The van der Waals surface area contributed by atoms with E-state index in [4.69, 9.17) is 0 Å². The van der Waals surface area contributed by atoms with Crippen LogP contribution in [-0.4, -0.2) is 30.7 Å². The van der Waals surface area contributed by atoms with Crippen LogP contribution in [0.3, 0.4) is 0 Å². The lowest BCUT2D eigenvalue weighted by atomic mass is 10.1. The molecule has 0 aromatic heterocycles. The lowest BCUT2D eigenvalue weighted by Crippen LogP contribution is -2.54. The fourth-order valence-corrected chi connectivity index (χ4v) is 0.719. The van der Waals surface area contributed by atoms with Gasteiger partial charge in [-0.25, -0.2) is 5.43 Å². The van der Waals surface area contributed by atoms with E-state index in [1.54, 1.807) is 0 Å². The number of hydrazine groups is 1. The van der Waals surface area contributed by atoms with Gasteiger partial charge in [0.05, 0.1) is 0 Å². The zero-order valence-corrected chi connectivity index (χ0v) is 7.88. The van der Waals surface area contributed by atoms with Crippen molar-refractivity contribution in [3.8, 4) is 0 Å². The third kappa shape index (κ3) is 3.91. The summed E-state index contributed by atoms with van der Waals surface area (Å²) in [6.07, 6.45) is -10.3. The normalized spacial score (nSPS) is 13.6. The number of nitrogens with one attached hydrogen (secondary N) is 2. The van der Waals surface area contributed by atoms with Crippen molar-refractivity contribution in [1.82, 2.24) is 10.9 Å². The highest BCUT2D eigenvalue weighted by Crippen LogP contribution is 2.47. The highest BCUT2D eigenvalue weighted by atomic mass is 19.4. The van der Waals surface area contributed by atoms with Crippen molar-refractivity contribution < 1.29 is 40.6 Å². The first-order valence-electron chi connectivity index (χ1n) is 3.94. The molecule has 0 aromatic rings. The van der Waals surface area contributed by atoms with E-state index < -0.39 is 37.1 Å². The van der Waals surface area contributed by atoms with Gasteiger partial charge in [-0.1, -0.05) is 0 Å². The number of hydrogen-bond acceptors (Lipinski definition) is 3. The number of carbonyl (C=O) groups is 1. The topological polar surface area (TPSA) is 64.2 Å². The summed E-state index contributed by atoms with van der Waals surface area (Å²) < 4.78 is 84.3. The van der Waals surface area contributed by atoms with Gasteiger partial charge in [0.15, 0.2) is 0 Å². The van der Waals surface area contributed by atoms with Crippen LogP contribution >= 0.6 is 0 Å². The summed E-state index contributed by atoms with van der Waals surface area (Å²) in [4.78, 5) is 9.68. The minimum atomic E-state index is -6.39. The average molecular weight is 271 g/mol. The quantitative estimate of drug-likeness (QED) is 0.438. The van der Waals surface area contributed by atoms with Crippen LogP contribution in [0.2, 0.25) is 0 Å². The molecule has 0 saturated heterocycles. The van der Waals surface area contributed by atoms with Crippen LogP contribution in [0.15, 0.2) is 0 Å². The Morgan fingerprint density at radius 3 is 1.88 bits per heavy atom. The maximum absolute atomic E-state index is 12.5. The van der Waals surface area contributed by atoms with E-state index in [0.29, 0.717) is 0 Å². The molecule has 0 heterocycles. The Kier molecular flexibility index (Phi) is 4.57. The van der Waals surface area contributed by atoms with E-state index in [9.17, 15) is 40.6 Å². The standard InChI is InChI=1S/C6H7F7N2O2/c7-4(8,1-2-14-15-3(16)17)5(9,10)6(11,12)13/h14-15H,1-2H2,(H,16,17)/p-1. The van der Waals surface area contributed by atoms with E-state index in [2.05, 4.69) is 0 Å². The van der Waals surface area contributed by atoms with Crippen LogP contribution in [0.25, 0.3) is 0 Å². The Bertz CT molecular complexity index is 278. The molecule has 4 nitrogen and oxygen atoms in total. The molecule has 0 unspecified atom stereocenters. The third-order valence-corrected chi connectivity index (χ3v) is 1.57. The highest BCUT2D eigenvalue weighted by molar-refractivity contribution is 5.60. The molecule has 0 aliphatic rings. The van der Waals surface area contributed by atoms with Gasteiger partial charge >= 0.3 is 18.0 Å². The fourth-order valence-electron chi connectivity index (χ4n) is 0.719. The summed E-state index contributed by atoms with van der Waals surface area (Å²) in [5.41, 5.74) is 2.68. The van der Waals surface area contributed by atoms with Gasteiger partial charge < -0.3 is 15.3 Å². The summed E-state index contributed by atoms with van der Waals surface area (Å²) in [6.45, 7) is -1.13. The van der Waals surface area contributed by atoms with Gasteiger partial charge in [0.1, 0.15) is 6.09 Å². The van der Waals surface area contributed by atoms with Crippen molar-refractivity contribution in [2.45, 2.75) is 24.4 Å². The van der Waals surface area contributed by atoms with Crippen LogP contribution in [0, 0.1) is 0 Å². The van der Waals surface area contributed by atoms with E-state index in [1.807, 2.05) is 0 Å². The van der Waals surface area contributed by atoms with Crippen molar-refractivity contribution in [3.05, 3.63) is 0 Å². The number of hydrogen-bond donors (Lipinski definition) is 2.